The van der Waals surface area contributed by atoms with Crippen molar-refractivity contribution >= 4 is 24.0 Å². The summed E-state index contributed by atoms with van der Waals surface area (Å²) in [5, 5.41) is 0.695. The third kappa shape index (κ3) is 4.26. The van der Waals surface area contributed by atoms with E-state index in [1.807, 2.05) is 19.1 Å². The number of benzene rings is 1. The Bertz CT molecular complexity index is 428. The quantitative estimate of drug-likeness (QED) is 0.925. The van der Waals surface area contributed by atoms with Gasteiger partial charge >= 0.3 is 0 Å². The molecule has 0 bridgehead atoms. The molecular formula is C15H24Cl2N2O. The lowest BCUT2D eigenvalue weighted by Crippen LogP contribution is -2.45. The summed E-state index contributed by atoms with van der Waals surface area (Å²) in [6.45, 7) is 7.81. The summed E-state index contributed by atoms with van der Waals surface area (Å²) in [5.74, 6) is 1.37. The van der Waals surface area contributed by atoms with Crippen LogP contribution in [0.4, 0.5) is 0 Å². The molecule has 2 atom stereocenters. The Morgan fingerprint density at radius 1 is 1.45 bits per heavy atom. The highest BCUT2D eigenvalue weighted by Crippen LogP contribution is 2.30. The van der Waals surface area contributed by atoms with Crippen molar-refractivity contribution < 1.29 is 4.74 Å². The third-order valence-electron chi connectivity index (χ3n) is 3.79. The number of nitrogens with two attached hydrogens (primary N) is 1. The van der Waals surface area contributed by atoms with Gasteiger partial charge in [0.15, 0.2) is 0 Å². The Morgan fingerprint density at radius 2 is 2.20 bits per heavy atom. The predicted molar refractivity (Wildman–Crippen MR) is 86.9 cm³/mol. The Hall–Kier alpha value is -0.480. The summed E-state index contributed by atoms with van der Waals surface area (Å²) in [7, 11) is 0. The van der Waals surface area contributed by atoms with E-state index < -0.39 is 0 Å². The van der Waals surface area contributed by atoms with E-state index in [0.29, 0.717) is 23.6 Å². The monoisotopic (exact) mass is 318 g/mol. The highest BCUT2D eigenvalue weighted by molar-refractivity contribution is 6.32. The lowest BCUT2D eigenvalue weighted by Gasteiger charge is -2.35. The van der Waals surface area contributed by atoms with Gasteiger partial charge in [0.25, 0.3) is 0 Å². The van der Waals surface area contributed by atoms with Crippen LogP contribution in [0, 0.1) is 5.92 Å². The van der Waals surface area contributed by atoms with Crippen LogP contribution in [0.25, 0.3) is 0 Å². The SMILES string of the molecule is CCOc1c(Cl)cccc1CN1CCC(N)C(C)C1.Cl. The number of halogens is 2. The van der Waals surface area contributed by atoms with Gasteiger partial charge < -0.3 is 10.5 Å². The van der Waals surface area contributed by atoms with Crippen molar-refractivity contribution in [3.8, 4) is 5.75 Å². The number of hydrogen-bond acceptors (Lipinski definition) is 3. The van der Waals surface area contributed by atoms with Crippen molar-refractivity contribution in [3.05, 3.63) is 28.8 Å². The fourth-order valence-corrected chi connectivity index (χ4v) is 2.87. The summed E-state index contributed by atoms with van der Waals surface area (Å²) in [4.78, 5) is 2.43. The molecule has 2 N–H and O–H groups in total. The van der Waals surface area contributed by atoms with Gasteiger partial charge in [0, 0.05) is 24.7 Å². The van der Waals surface area contributed by atoms with Crippen LogP contribution >= 0.6 is 24.0 Å². The average Bonchev–Trinajstić information content (AvgIpc) is 2.38. The zero-order valence-electron chi connectivity index (χ0n) is 12.1. The third-order valence-corrected chi connectivity index (χ3v) is 4.08. The number of ether oxygens (including phenoxy) is 1. The first kappa shape index (κ1) is 17.6. The fourth-order valence-electron chi connectivity index (χ4n) is 2.62. The lowest BCUT2D eigenvalue weighted by atomic mass is 9.94. The number of rotatable bonds is 4. The Balaban J connectivity index is 0.00000200. The summed E-state index contributed by atoms with van der Waals surface area (Å²) in [6, 6.07) is 6.29. The first-order valence-corrected chi connectivity index (χ1v) is 7.37. The van der Waals surface area contributed by atoms with Crippen LogP contribution in [0.5, 0.6) is 5.75 Å². The van der Waals surface area contributed by atoms with Gasteiger partial charge in [-0.15, -0.1) is 12.4 Å². The van der Waals surface area contributed by atoms with E-state index in [4.69, 9.17) is 22.1 Å². The molecule has 0 amide bonds. The van der Waals surface area contributed by atoms with Crippen molar-refractivity contribution in [2.24, 2.45) is 11.7 Å². The Kier molecular flexibility index (Phi) is 7.10. The topological polar surface area (TPSA) is 38.5 Å². The minimum absolute atomic E-state index is 0. The number of likely N-dealkylation sites (tertiary alicyclic amines) is 1. The maximum absolute atomic E-state index is 6.21. The van der Waals surface area contributed by atoms with Gasteiger partial charge in [-0.2, -0.15) is 0 Å². The van der Waals surface area contributed by atoms with Crippen LogP contribution in [-0.2, 0) is 6.54 Å². The molecule has 0 aliphatic carbocycles. The molecule has 0 spiro atoms. The van der Waals surface area contributed by atoms with Gasteiger partial charge in [-0.25, -0.2) is 0 Å². The molecule has 1 aromatic rings. The van der Waals surface area contributed by atoms with Crippen LogP contribution in [0.15, 0.2) is 18.2 Å². The highest BCUT2D eigenvalue weighted by Gasteiger charge is 2.23. The molecule has 1 saturated heterocycles. The summed E-state index contributed by atoms with van der Waals surface area (Å²) in [6.07, 6.45) is 1.06. The van der Waals surface area contributed by atoms with Crippen molar-refractivity contribution in [2.75, 3.05) is 19.7 Å². The molecule has 2 unspecified atom stereocenters. The van der Waals surface area contributed by atoms with Crippen LogP contribution in [0.3, 0.4) is 0 Å². The van der Waals surface area contributed by atoms with Gasteiger partial charge in [0.2, 0.25) is 0 Å². The first-order chi connectivity index (χ1) is 9.11. The number of nitrogens with zero attached hydrogens (tertiary/aromatic N) is 1. The fraction of sp³-hybridized carbons (Fsp3) is 0.600. The van der Waals surface area contributed by atoms with Crippen LogP contribution in [0.1, 0.15) is 25.8 Å². The lowest BCUT2D eigenvalue weighted by molar-refractivity contribution is 0.156. The molecule has 114 valence electrons. The van der Waals surface area contributed by atoms with E-state index in [0.717, 1.165) is 37.4 Å². The van der Waals surface area contributed by atoms with E-state index in [1.54, 1.807) is 0 Å². The molecule has 1 fully saturated rings. The predicted octanol–water partition coefficient (Wildman–Crippen LogP) is 3.33. The summed E-state index contributed by atoms with van der Waals surface area (Å²) in [5.41, 5.74) is 7.23. The molecular weight excluding hydrogens is 295 g/mol. The standard InChI is InChI=1S/C15H23ClN2O.ClH/c1-3-19-15-12(5-4-6-13(15)16)10-18-8-7-14(17)11(2)9-18;/h4-6,11,14H,3,7-10,17H2,1-2H3;1H. The molecule has 1 aliphatic heterocycles. The zero-order valence-corrected chi connectivity index (χ0v) is 13.7. The number of piperidine rings is 1. The van der Waals surface area contributed by atoms with Gasteiger partial charge in [0.1, 0.15) is 5.75 Å². The maximum Gasteiger partial charge on any atom is 0.142 e. The minimum atomic E-state index is 0. The molecule has 0 saturated carbocycles. The van der Waals surface area contributed by atoms with Crippen LogP contribution in [-0.4, -0.2) is 30.6 Å². The van der Waals surface area contributed by atoms with E-state index in [2.05, 4.69) is 17.9 Å². The molecule has 20 heavy (non-hydrogen) atoms. The molecule has 1 aliphatic rings. The summed E-state index contributed by atoms with van der Waals surface area (Å²) < 4.78 is 5.67. The normalized spacial score (nSPS) is 23.2. The Morgan fingerprint density at radius 3 is 2.85 bits per heavy atom. The van der Waals surface area contributed by atoms with Crippen molar-refractivity contribution in [1.82, 2.24) is 4.90 Å². The molecule has 1 aromatic carbocycles. The van der Waals surface area contributed by atoms with Crippen LogP contribution in [0.2, 0.25) is 5.02 Å². The highest BCUT2D eigenvalue weighted by atomic mass is 35.5. The first-order valence-electron chi connectivity index (χ1n) is 7.00. The van der Waals surface area contributed by atoms with Crippen molar-refractivity contribution in [3.63, 3.8) is 0 Å². The second-order valence-electron chi connectivity index (χ2n) is 5.33. The van der Waals surface area contributed by atoms with Gasteiger partial charge in [-0.1, -0.05) is 30.7 Å². The van der Waals surface area contributed by atoms with E-state index >= 15 is 0 Å². The van der Waals surface area contributed by atoms with E-state index in [9.17, 15) is 0 Å². The Labute approximate surface area is 132 Å². The molecule has 1 heterocycles. The molecule has 5 heteroatoms. The van der Waals surface area contributed by atoms with Gasteiger partial charge in [-0.3, -0.25) is 4.90 Å². The van der Waals surface area contributed by atoms with Gasteiger partial charge in [-0.05, 0) is 31.9 Å². The number of para-hydroxylation sites is 1. The van der Waals surface area contributed by atoms with Crippen molar-refractivity contribution in [1.29, 1.82) is 0 Å². The second-order valence-corrected chi connectivity index (χ2v) is 5.73. The van der Waals surface area contributed by atoms with Gasteiger partial charge in [0.05, 0.1) is 11.6 Å². The smallest absolute Gasteiger partial charge is 0.142 e. The average molecular weight is 319 g/mol. The molecule has 2 rings (SSSR count). The largest absolute Gasteiger partial charge is 0.492 e. The minimum Gasteiger partial charge on any atom is -0.492 e. The molecule has 0 aromatic heterocycles. The number of hydrogen-bond donors (Lipinski definition) is 1. The van der Waals surface area contributed by atoms with Crippen LogP contribution < -0.4 is 10.5 Å². The second kappa shape index (κ2) is 8.08. The van der Waals surface area contributed by atoms with E-state index in [1.165, 1.54) is 0 Å². The zero-order chi connectivity index (χ0) is 13.8. The maximum atomic E-state index is 6.21. The van der Waals surface area contributed by atoms with E-state index in [-0.39, 0.29) is 12.4 Å². The molecule has 3 nitrogen and oxygen atoms in total. The van der Waals surface area contributed by atoms with Crippen molar-refractivity contribution in [2.45, 2.75) is 32.9 Å². The summed E-state index contributed by atoms with van der Waals surface area (Å²) >= 11 is 6.21. The molecule has 0 radical (unpaired) electrons.